The van der Waals surface area contributed by atoms with Crippen molar-refractivity contribution in [2.75, 3.05) is 7.11 Å². The van der Waals surface area contributed by atoms with Gasteiger partial charge in [0.2, 0.25) is 0 Å². The Labute approximate surface area is 126 Å². The van der Waals surface area contributed by atoms with Crippen molar-refractivity contribution >= 4 is 28.4 Å². The van der Waals surface area contributed by atoms with Gasteiger partial charge in [0.25, 0.3) is 0 Å². The number of ketones is 1. The maximum atomic E-state index is 12.5. The summed E-state index contributed by atoms with van der Waals surface area (Å²) in [5.41, 5.74) is 2.08. The van der Waals surface area contributed by atoms with Gasteiger partial charge in [-0.25, -0.2) is 4.98 Å². The molecule has 0 aliphatic heterocycles. The first-order valence-electron chi connectivity index (χ1n) is 6.47. The number of carbonyl (C=O) groups is 1. The molecule has 3 aromatic rings. The van der Waals surface area contributed by atoms with E-state index in [0.29, 0.717) is 21.6 Å². The SMILES string of the molecule is COc1cccc(CC(=O)c2c[nH]c3nccc(Cl)c23)c1. The highest BCUT2D eigenvalue weighted by molar-refractivity contribution is 6.36. The van der Waals surface area contributed by atoms with Gasteiger partial charge in [0.15, 0.2) is 5.78 Å². The second kappa shape index (κ2) is 5.58. The minimum Gasteiger partial charge on any atom is -0.497 e. The standard InChI is InChI=1S/C16H13ClN2O2/c1-21-11-4-2-3-10(7-11)8-14(20)12-9-19-16-15(12)13(17)5-6-18-16/h2-7,9H,8H2,1H3,(H,18,19). The number of ether oxygens (including phenoxy) is 1. The highest BCUT2D eigenvalue weighted by Crippen LogP contribution is 2.26. The molecular weight excluding hydrogens is 288 g/mol. The summed E-state index contributed by atoms with van der Waals surface area (Å²) in [6, 6.07) is 9.15. The zero-order valence-corrected chi connectivity index (χ0v) is 12.1. The van der Waals surface area contributed by atoms with E-state index >= 15 is 0 Å². The van der Waals surface area contributed by atoms with Crippen molar-refractivity contribution in [1.82, 2.24) is 9.97 Å². The fourth-order valence-corrected chi connectivity index (χ4v) is 2.55. The van der Waals surface area contributed by atoms with Crippen LogP contribution >= 0.6 is 11.6 Å². The average molecular weight is 301 g/mol. The van der Waals surface area contributed by atoms with Crippen molar-refractivity contribution < 1.29 is 9.53 Å². The maximum absolute atomic E-state index is 12.5. The molecule has 0 aliphatic rings. The number of Topliss-reactive ketones (excluding diaryl/α,β-unsaturated/α-hetero) is 1. The Morgan fingerprint density at radius 1 is 1.38 bits per heavy atom. The normalized spacial score (nSPS) is 10.8. The van der Waals surface area contributed by atoms with Crippen LogP contribution in [0, 0.1) is 0 Å². The molecule has 0 saturated carbocycles. The maximum Gasteiger partial charge on any atom is 0.169 e. The van der Waals surface area contributed by atoms with Crippen molar-refractivity contribution in [3.8, 4) is 5.75 Å². The second-order valence-corrected chi connectivity index (χ2v) is 5.08. The lowest BCUT2D eigenvalue weighted by molar-refractivity contribution is 0.0994. The largest absolute Gasteiger partial charge is 0.497 e. The van der Waals surface area contributed by atoms with Crippen LogP contribution in [0.1, 0.15) is 15.9 Å². The van der Waals surface area contributed by atoms with Crippen molar-refractivity contribution in [3.63, 3.8) is 0 Å². The average Bonchev–Trinajstić information content (AvgIpc) is 2.93. The summed E-state index contributed by atoms with van der Waals surface area (Å²) < 4.78 is 5.17. The number of H-pyrrole nitrogens is 1. The number of rotatable bonds is 4. The summed E-state index contributed by atoms with van der Waals surface area (Å²) in [4.78, 5) is 19.6. The minimum atomic E-state index is -0.00981. The Morgan fingerprint density at radius 2 is 2.24 bits per heavy atom. The smallest absolute Gasteiger partial charge is 0.169 e. The van der Waals surface area contributed by atoms with Crippen LogP contribution in [0.15, 0.2) is 42.7 Å². The number of hydrogen-bond donors (Lipinski definition) is 1. The Hall–Kier alpha value is -2.33. The number of benzene rings is 1. The number of halogens is 1. The molecule has 0 fully saturated rings. The number of nitrogens with zero attached hydrogens (tertiary/aromatic N) is 1. The van der Waals surface area contributed by atoms with E-state index in [0.717, 1.165) is 11.3 Å². The topological polar surface area (TPSA) is 55.0 Å². The lowest BCUT2D eigenvalue weighted by Gasteiger charge is -2.04. The molecule has 0 radical (unpaired) electrons. The molecule has 0 unspecified atom stereocenters. The molecule has 1 aromatic carbocycles. The van der Waals surface area contributed by atoms with Crippen LogP contribution in [0.25, 0.3) is 11.0 Å². The van der Waals surface area contributed by atoms with E-state index in [2.05, 4.69) is 9.97 Å². The Kier molecular flexibility index (Phi) is 3.62. The molecule has 21 heavy (non-hydrogen) atoms. The van der Waals surface area contributed by atoms with Crippen molar-refractivity contribution in [2.24, 2.45) is 0 Å². The van der Waals surface area contributed by atoms with Crippen LogP contribution in [-0.2, 0) is 6.42 Å². The van der Waals surface area contributed by atoms with E-state index in [1.165, 1.54) is 0 Å². The molecule has 1 N–H and O–H groups in total. The third kappa shape index (κ3) is 2.62. The van der Waals surface area contributed by atoms with Crippen LogP contribution in [0.3, 0.4) is 0 Å². The fourth-order valence-electron chi connectivity index (χ4n) is 2.30. The third-order valence-corrected chi connectivity index (χ3v) is 3.64. The monoisotopic (exact) mass is 300 g/mol. The molecule has 2 heterocycles. The molecule has 106 valence electrons. The Balaban J connectivity index is 1.94. The number of nitrogens with one attached hydrogen (secondary N) is 1. The molecule has 4 nitrogen and oxygen atoms in total. The van der Waals surface area contributed by atoms with Gasteiger partial charge in [0.05, 0.1) is 12.1 Å². The highest BCUT2D eigenvalue weighted by atomic mass is 35.5. The zero-order chi connectivity index (χ0) is 14.8. The molecule has 0 bridgehead atoms. The lowest BCUT2D eigenvalue weighted by atomic mass is 10.0. The van der Waals surface area contributed by atoms with Crippen molar-refractivity contribution in [1.29, 1.82) is 0 Å². The number of hydrogen-bond acceptors (Lipinski definition) is 3. The number of methoxy groups -OCH3 is 1. The van der Waals surface area contributed by atoms with Gasteiger partial charge in [-0.3, -0.25) is 4.79 Å². The molecular formula is C16H13ClN2O2. The number of fused-ring (bicyclic) bond motifs is 1. The van der Waals surface area contributed by atoms with E-state index in [-0.39, 0.29) is 12.2 Å². The van der Waals surface area contributed by atoms with Crippen LogP contribution in [-0.4, -0.2) is 22.9 Å². The second-order valence-electron chi connectivity index (χ2n) is 4.67. The first-order chi connectivity index (χ1) is 10.2. The van der Waals surface area contributed by atoms with Gasteiger partial charge in [-0.05, 0) is 23.8 Å². The van der Waals surface area contributed by atoms with Crippen LogP contribution < -0.4 is 4.74 Å². The molecule has 0 atom stereocenters. The molecule has 2 aromatic heterocycles. The van der Waals surface area contributed by atoms with Gasteiger partial charge in [0.1, 0.15) is 11.4 Å². The van der Waals surface area contributed by atoms with E-state index in [9.17, 15) is 4.79 Å². The van der Waals surface area contributed by atoms with Crippen molar-refractivity contribution in [3.05, 3.63) is 58.9 Å². The summed E-state index contributed by atoms with van der Waals surface area (Å²) in [7, 11) is 1.60. The molecule has 0 saturated heterocycles. The van der Waals surface area contributed by atoms with Crippen LogP contribution in [0.5, 0.6) is 5.75 Å². The Morgan fingerprint density at radius 3 is 3.05 bits per heavy atom. The number of carbonyl (C=O) groups excluding carboxylic acids is 1. The fraction of sp³-hybridized carbons (Fsp3) is 0.125. The predicted octanol–water partition coefficient (Wildman–Crippen LogP) is 3.65. The molecule has 5 heteroatoms. The van der Waals surface area contributed by atoms with E-state index in [1.807, 2.05) is 24.3 Å². The zero-order valence-electron chi connectivity index (χ0n) is 11.4. The number of aromatic amines is 1. The van der Waals surface area contributed by atoms with E-state index in [4.69, 9.17) is 16.3 Å². The van der Waals surface area contributed by atoms with Crippen LogP contribution in [0.4, 0.5) is 0 Å². The van der Waals surface area contributed by atoms with Gasteiger partial charge in [-0.1, -0.05) is 23.7 Å². The molecule has 0 spiro atoms. The Bertz CT molecular complexity index is 811. The van der Waals surface area contributed by atoms with Crippen LogP contribution in [0.2, 0.25) is 5.02 Å². The molecule has 0 amide bonds. The van der Waals surface area contributed by atoms with Gasteiger partial charge in [-0.2, -0.15) is 0 Å². The number of pyridine rings is 1. The van der Waals surface area contributed by atoms with Gasteiger partial charge in [0, 0.05) is 29.8 Å². The summed E-state index contributed by atoms with van der Waals surface area (Å²) in [6.07, 6.45) is 3.55. The molecule has 3 rings (SSSR count). The first-order valence-corrected chi connectivity index (χ1v) is 6.84. The third-order valence-electron chi connectivity index (χ3n) is 3.32. The summed E-state index contributed by atoms with van der Waals surface area (Å²) >= 11 is 6.17. The van der Waals surface area contributed by atoms with E-state index < -0.39 is 0 Å². The summed E-state index contributed by atoms with van der Waals surface area (Å²) in [6.45, 7) is 0. The predicted molar refractivity (Wildman–Crippen MR) is 82.1 cm³/mol. The number of aromatic nitrogens is 2. The quantitative estimate of drug-likeness (QED) is 0.748. The van der Waals surface area contributed by atoms with Gasteiger partial charge < -0.3 is 9.72 Å². The van der Waals surface area contributed by atoms with Crippen molar-refractivity contribution in [2.45, 2.75) is 6.42 Å². The molecule has 0 aliphatic carbocycles. The van der Waals surface area contributed by atoms with Gasteiger partial charge >= 0.3 is 0 Å². The minimum absolute atomic E-state index is 0.00981. The van der Waals surface area contributed by atoms with E-state index in [1.54, 1.807) is 25.6 Å². The summed E-state index contributed by atoms with van der Waals surface area (Å²) in [5.74, 6) is 0.725. The lowest BCUT2D eigenvalue weighted by Crippen LogP contribution is -2.03. The van der Waals surface area contributed by atoms with Gasteiger partial charge in [-0.15, -0.1) is 0 Å². The summed E-state index contributed by atoms with van der Waals surface area (Å²) in [5, 5.41) is 1.20. The highest BCUT2D eigenvalue weighted by Gasteiger charge is 2.15. The first kappa shape index (κ1) is 13.6.